The van der Waals surface area contributed by atoms with E-state index in [9.17, 15) is 9.90 Å². The van der Waals surface area contributed by atoms with Crippen LogP contribution in [0.4, 0.5) is 11.4 Å². The number of aromatic nitrogens is 1. The van der Waals surface area contributed by atoms with Crippen LogP contribution >= 0.6 is 35.6 Å². The number of amides is 1. The van der Waals surface area contributed by atoms with E-state index in [1.807, 2.05) is 31.1 Å². The Labute approximate surface area is 173 Å². The Hall–Kier alpha value is -2.05. The average molecular weight is 427 g/mol. The molecule has 5 nitrogen and oxygen atoms in total. The van der Waals surface area contributed by atoms with Crippen LogP contribution in [0.3, 0.4) is 0 Å². The molecule has 0 fully saturated rings. The number of hydrogen-bond donors (Lipinski definition) is 2. The highest BCUT2D eigenvalue weighted by atomic mass is 35.5. The summed E-state index contributed by atoms with van der Waals surface area (Å²) >= 11 is 12.2. The number of pyridine rings is 1. The second kappa shape index (κ2) is 8.76. The van der Waals surface area contributed by atoms with Gasteiger partial charge in [-0.2, -0.15) is 0 Å². The molecular weight excluding hydrogens is 409 g/mol. The first-order chi connectivity index (χ1) is 12.4. The van der Waals surface area contributed by atoms with Crippen LogP contribution in [-0.2, 0) is 6.61 Å². The fourth-order valence-electron chi connectivity index (χ4n) is 2.89. The molecule has 3 rings (SSSR count). The van der Waals surface area contributed by atoms with Crippen LogP contribution in [0, 0.1) is 0 Å². The molecule has 2 N–H and O–H groups in total. The van der Waals surface area contributed by atoms with Gasteiger partial charge in [0.15, 0.2) is 0 Å². The summed E-state index contributed by atoms with van der Waals surface area (Å²) in [6.45, 7) is -0.123. The summed E-state index contributed by atoms with van der Waals surface area (Å²) in [7, 11) is 3.78. The highest BCUT2D eigenvalue weighted by Crippen LogP contribution is 2.33. The van der Waals surface area contributed by atoms with Crippen LogP contribution in [0.15, 0.2) is 42.6 Å². The van der Waals surface area contributed by atoms with E-state index in [1.54, 1.807) is 30.5 Å². The molecule has 0 spiro atoms. The minimum absolute atomic E-state index is 0. The molecule has 0 radical (unpaired) electrons. The molecule has 1 amide bonds. The van der Waals surface area contributed by atoms with Crippen molar-refractivity contribution in [3.8, 4) is 0 Å². The fraction of sp³-hybridized carbons (Fsp3) is 0.158. The van der Waals surface area contributed by atoms with Gasteiger partial charge in [-0.15, -0.1) is 12.4 Å². The van der Waals surface area contributed by atoms with Crippen LogP contribution in [-0.4, -0.2) is 30.1 Å². The molecule has 1 aromatic heterocycles. The normalized spacial score (nSPS) is 10.4. The van der Waals surface area contributed by atoms with Crippen molar-refractivity contribution in [2.24, 2.45) is 0 Å². The summed E-state index contributed by atoms with van der Waals surface area (Å²) in [4.78, 5) is 19.0. The monoisotopic (exact) mass is 425 g/mol. The quantitative estimate of drug-likeness (QED) is 0.630. The Kier molecular flexibility index (Phi) is 6.89. The molecule has 0 aliphatic heterocycles. The third-order valence-corrected chi connectivity index (χ3v) is 4.63. The fourth-order valence-corrected chi connectivity index (χ4v) is 3.46. The average Bonchev–Trinajstić information content (AvgIpc) is 2.60. The van der Waals surface area contributed by atoms with Crippen molar-refractivity contribution in [3.05, 3.63) is 63.8 Å². The second-order valence-corrected chi connectivity index (χ2v) is 6.75. The number of hydrogen-bond acceptors (Lipinski definition) is 4. The number of benzene rings is 2. The van der Waals surface area contributed by atoms with Crippen LogP contribution in [0.2, 0.25) is 10.0 Å². The van der Waals surface area contributed by atoms with Crippen molar-refractivity contribution in [2.45, 2.75) is 6.61 Å². The lowest BCUT2D eigenvalue weighted by Gasteiger charge is -2.20. The SMILES string of the molecule is CN(C)c1c(CO)cnc2c(NC(=O)c3c(Cl)cccc3Cl)cccc12.Cl. The number of carbonyl (C=O) groups excluding carboxylic acids is 1. The number of aliphatic hydroxyl groups excluding tert-OH is 1. The molecule has 2 aromatic carbocycles. The Morgan fingerprint density at radius 2 is 1.78 bits per heavy atom. The molecular formula is C19H18Cl3N3O2. The molecule has 27 heavy (non-hydrogen) atoms. The van der Waals surface area contributed by atoms with E-state index in [0.29, 0.717) is 16.8 Å². The van der Waals surface area contributed by atoms with E-state index in [4.69, 9.17) is 23.2 Å². The van der Waals surface area contributed by atoms with Gasteiger partial charge in [-0.25, -0.2) is 0 Å². The minimum Gasteiger partial charge on any atom is -0.392 e. The molecule has 0 unspecified atom stereocenters. The summed E-state index contributed by atoms with van der Waals surface area (Å²) in [5, 5.41) is 13.8. The number of anilines is 2. The molecule has 1 heterocycles. The summed E-state index contributed by atoms with van der Waals surface area (Å²) in [6, 6.07) is 10.4. The maximum atomic E-state index is 12.7. The number of fused-ring (bicyclic) bond motifs is 1. The Morgan fingerprint density at radius 1 is 1.15 bits per heavy atom. The van der Waals surface area contributed by atoms with Crippen molar-refractivity contribution < 1.29 is 9.90 Å². The first-order valence-electron chi connectivity index (χ1n) is 7.88. The minimum atomic E-state index is -0.410. The van der Waals surface area contributed by atoms with E-state index in [2.05, 4.69) is 10.3 Å². The smallest absolute Gasteiger partial charge is 0.258 e. The molecule has 0 saturated carbocycles. The van der Waals surface area contributed by atoms with Crippen molar-refractivity contribution in [2.75, 3.05) is 24.3 Å². The van der Waals surface area contributed by atoms with E-state index < -0.39 is 5.91 Å². The molecule has 142 valence electrons. The Balaban J connectivity index is 0.00000261. The van der Waals surface area contributed by atoms with Gasteiger partial charge in [0.25, 0.3) is 5.91 Å². The van der Waals surface area contributed by atoms with Crippen molar-refractivity contribution in [1.29, 1.82) is 0 Å². The van der Waals surface area contributed by atoms with Crippen LogP contribution in [0.5, 0.6) is 0 Å². The van der Waals surface area contributed by atoms with Gasteiger partial charge in [0, 0.05) is 31.2 Å². The maximum Gasteiger partial charge on any atom is 0.258 e. The predicted molar refractivity (Wildman–Crippen MR) is 114 cm³/mol. The van der Waals surface area contributed by atoms with E-state index >= 15 is 0 Å². The summed E-state index contributed by atoms with van der Waals surface area (Å²) in [6.07, 6.45) is 1.61. The standard InChI is InChI=1S/C19H17Cl2N3O2.ClH/c1-24(2)18-11(10-25)9-22-17-12(18)5-3-8-15(17)23-19(26)16-13(20)6-4-7-14(16)21;/h3-9,25H,10H2,1-2H3,(H,23,26);1H. The van der Waals surface area contributed by atoms with Crippen molar-refractivity contribution >= 4 is 63.8 Å². The highest BCUT2D eigenvalue weighted by molar-refractivity contribution is 6.40. The van der Waals surface area contributed by atoms with Gasteiger partial charge in [0.05, 0.1) is 39.1 Å². The number of carbonyl (C=O) groups is 1. The Morgan fingerprint density at radius 3 is 2.37 bits per heavy atom. The van der Waals surface area contributed by atoms with E-state index in [0.717, 1.165) is 11.1 Å². The molecule has 0 aliphatic carbocycles. The van der Waals surface area contributed by atoms with Gasteiger partial charge in [0.1, 0.15) is 0 Å². The first kappa shape index (κ1) is 21.3. The second-order valence-electron chi connectivity index (χ2n) is 5.94. The number of halogens is 3. The summed E-state index contributed by atoms with van der Waals surface area (Å²) in [5.41, 5.74) is 2.93. The van der Waals surface area contributed by atoms with Gasteiger partial charge in [-0.05, 0) is 18.2 Å². The van der Waals surface area contributed by atoms with Gasteiger partial charge in [0.2, 0.25) is 0 Å². The van der Waals surface area contributed by atoms with Crippen molar-refractivity contribution in [3.63, 3.8) is 0 Å². The molecule has 0 bridgehead atoms. The number of rotatable bonds is 4. The maximum absolute atomic E-state index is 12.7. The van der Waals surface area contributed by atoms with Gasteiger partial charge < -0.3 is 15.3 Å². The molecule has 8 heteroatoms. The van der Waals surface area contributed by atoms with Gasteiger partial charge >= 0.3 is 0 Å². The van der Waals surface area contributed by atoms with Crippen LogP contribution < -0.4 is 10.2 Å². The molecule has 0 aliphatic rings. The third kappa shape index (κ3) is 4.12. The zero-order chi connectivity index (χ0) is 18.8. The van der Waals surface area contributed by atoms with E-state index in [1.165, 1.54) is 0 Å². The molecule has 0 saturated heterocycles. The number of nitrogens with one attached hydrogen (secondary N) is 1. The van der Waals surface area contributed by atoms with Crippen LogP contribution in [0.1, 0.15) is 15.9 Å². The zero-order valence-electron chi connectivity index (χ0n) is 14.7. The largest absolute Gasteiger partial charge is 0.392 e. The highest BCUT2D eigenvalue weighted by Gasteiger charge is 2.18. The predicted octanol–water partition coefficient (Wildman–Crippen LogP) is 4.77. The molecule has 0 atom stereocenters. The lowest BCUT2D eigenvalue weighted by molar-refractivity contribution is 0.102. The van der Waals surface area contributed by atoms with Gasteiger partial charge in [-0.1, -0.05) is 41.4 Å². The van der Waals surface area contributed by atoms with Gasteiger partial charge in [-0.3, -0.25) is 9.78 Å². The topological polar surface area (TPSA) is 65.5 Å². The first-order valence-corrected chi connectivity index (χ1v) is 8.63. The lowest BCUT2D eigenvalue weighted by atomic mass is 10.1. The zero-order valence-corrected chi connectivity index (χ0v) is 17.0. The van der Waals surface area contributed by atoms with Crippen molar-refractivity contribution in [1.82, 2.24) is 4.98 Å². The Bertz CT molecular complexity index is 973. The van der Waals surface area contributed by atoms with E-state index in [-0.39, 0.29) is 34.6 Å². The number of nitrogens with zero attached hydrogens (tertiary/aromatic N) is 2. The summed E-state index contributed by atoms with van der Waals surface area (Å²) in [5.74, 6) is -0.410. The number of aliphatic hydroxyl groups is 1. The molecule has 3 aromatic rings. The van der Waals surface area contributed by atoms with Crippen LogP contribution in [0.25, 0.3) is 10.9 Å². The number of para-hydroxylation sites is 1. The summed E-state index contributed by atoms with van der Waals surface area (Å²) < 4.78 is 0. The third-order valence-electron chi connectivity index (χ3n) is 4.00. The lowest BCUT2D eigenvalue weighted by Crippen LogP contribution is -2.15.